The van der Waals surface area contributed by atoms with E-state index in [4.69, 9.17) is 21.1 Å². The SMILES string of the molecule is CCOC(=O)c1ccc(N2C(=O)[C@H]3[C@H](c4cc(Cl)ccc4OCC(=O)N4CCCCC4)c4sc(=O)[nH]c4S[C@H]3C2=O)cc1. The van der Waals surface area contributed by atoms with Gasteiger partial charge in [0.05, 0.1) is 28.8 Å². The number of imide groups is 1. The number of thioether (sulfide) groups is 1. The molecule has 0 bridgehead atoms. The number of amides is 3. The summed E-state index contributed by atoms with van der Waals surface area (Å²) in [4.78, 5) is 71.5. The minimum atomic E-state index is -0.875. The first-order valence-electron chi connectivity index (χ1n) is 14.0. The van der Waals surface area contributed by atoms with Crippen LogP contribution in [0.1, 0.15) is 52.9 Å². The van der Waals surface area contributed by atoms with E-state index in [0.717, 1.165) is 47.3 Å². The van der Waals surface area contributed by atoms with Crippen molar-refractivity contribution in [3.8, 4) is 5.75 Å². The Bertz CT molecular complexity index is 1650. The van der Waals surface area contributed by atoms with Gasteiger partial charge in [-0.15, -0.1) is 0 Å². The number of hydrogen-bond acceptors (Lipinski definition) is 9. The van der Waals surface area contributed by atoms with Crippen LogP contribution in [-0.2, 0) is 19.1 Å². The number of aromatic nitrogens is 1. The maximum absolute atomic E-state index is 14.1. The van der Waals surface area contributed by atoms with E-state index in [0.29, 0.717) is 50.6 Å². The Hall–Kier alpha value is -3.61. The molecule has 0 radical (unpaired) electrons. The maximum atomic E-state index is 14.1. The van der Waals surface area contributed by atoms with Crippen molar-refractivity contribution in [3.63, 3.8) is 0 Å². The van der Waals surface area contributed by atoms with Crippen LogP contribution in [0.25, 0.3) is 0 Å². The Balaban J connectivity index is 1.35. The molecular weight excluding hydrogens is 614 g/mol. The maximum Gasteiger partial charge on any atom is 0.338 e. The van der Waals surface area contributed by atoms with Gasteiger partial charge >= 0.3 is 10.8 Å². The van der Waals surface area contributed by atoms with E-state index >= 15 is 0 Å². The topological polar surface area (TPSA) is 126 Å². The van der Waals surface area contributed by atoms with Crippen molar-refractivity contribution in [2.75, 3.05) is 31.2 Å². The van der Waals surface area contributed by atoms with Gasteiger partial charge in [-0.1, -0.05) is 34.7 Å². The fraction of sp³-hybridized carbons (Fsp3) is 0.367. The minimum Gasteiger partial charge on any atom is -0.483 e. The fourth-order valence-electron chi connectivity index (χ4n) is 5.84. The van der Waals surface area contributed by atoms with Crippen LogP contribution in [0.2, 0.25) is 5.02 Å². The number of benzene rings is 2. The van der Waals surface area contributed by atoms with E-state index in [1.807, 2.05) is 0 Å². The number of rotatable bonds is 7. The fourth-order valence-corrected chi connectivity index (χ4v) is 8.52. The second-order valence-corrected chi connectivity index (χ2v) is 13.0. The molecule has 3 aliphatic heterocycles. The number of halogens is 1. The average molecular weight is 642 g/mol. The van der Waals surface area contributed by atoms with Gasteiger partial charge in [0.2, 0.25) is 11.8 Å². The number of thiazole rings is 1. The molecule has 0 saturated carbocycles. The normalized spacial score (nSPS) is 21.4. The number of carbonyl (C=O) groups is 4. The lowest BCUT2D eigenvalue weighted by Crippen LogP contribution is -2.38. The first-order chi connectivity index (χ1) is 20.8. The summed E-state index contributed by atoms with van der Waals surface area (Å²) in [6, 6.07) is 11.1. The van der Waals surface area contributed by atoms with Gasteiger partial charge in [0, 0.05) is 34.5 Å². The highest BCUT2D eigenvalue weighted by molar-refractivity contribution is 8.00. The highest BCUT2D eigenvalue weighted by Gasteiger charge is 2.57. The van der Waals surface area contributed by atoms with Crippen molar-refractivity contribution in [2.45, 2.75) is 42.4 Å². The molecule has 2 saturated heterocycles. The van der Waals surface area contributed by atoms with Crippen molar-refractivity contribution in [1.29, 1.82) is 0 Å². The number of anilines is 1. The number of hydrogen-bond donors (Lipinski definition) is 1. The summed E-state index contributed by atoms with van der Waals surface area (Å²) >= 11 is 8.57. The van der Waals surface area contributed by atoms with Gasteiger partial charge in [0.25, 0.3) is 5.91 Å². The number of ether oxygens (including phenoxy) is 2. The van der Waals surface area contributed by atoms with Crippen LogP contribution >= 0.6 is 34.7 Å². The zero-order valence-corrected chi connectivity index (χ0v) is 25.6. The van der Waals surface area contributed by atoms with Gasteiger partial charge in [-0.2, -0.15) is 0 Å². The van der Waals surface area contributed by atoms with E-state index < -0.39 is 34.9 Å². The molecule has 224 valence electrons. The molecule has 43 heavy (non-hydrogen) atoms. The molecule has 0 spiro atoms. The largest absolute Gasteiger partial charge is 0.483 e. The van der Waals surface area contributed by atoms with Crippen molar-refractivity contribution in [3.05, 3.63) is 73.2 Å². The molecule has 1 aromatic heterocycles. The number of carbonyl (C=O) groups excluding carboxylic acids is 4. The average Bonchev–Trinajstić information content (AvgIpc) is 3.50. The monoisotopic (exact) mass is 641 g/mol. The summed E-state index contributed by atoms with van der Waals surface area (Å²) in [7, 11) is 0. The van der Waals surface area contributed by atoms with Gasteiger partial charge in [0.1, 0.15) is 11.0 Å². The number of esters is 1. The number of piperidine rings is 1. The van der Waals surface area contributed by atoms with Crippen LogP contribution in [-0.4, -0.2) is 65.1 Å². The third-order valence-electron chi connectivity index (χ3n) is 7.83. The van der Waals surface area contributed by atoms with Gasteiger partial charge in [-0.05, 0) is 68.7 Å². The third kappa shape index (κ3) is 5.59. The Morgan fingerprint density at radius 1 is 1.02 bits per heavy atom. The Kier molecular flexibility index (Phi) is 8.34. The van der Waals surface area contributed by atoms with Crippen molar-refractivity contribution < 1.29 is 28.7 Å². The van der Waals surface area contributed by atoms with E-state index in [1.54, 1.807) is 30.0 Å². The smallest absolute Gasteiger partial charge is 0.338 e. The van der Waals surface area contributed by atoms with Crippen molar-refractivity contribution >= 4 is 64.1 Å². The molecule has 0 aliphatic carbocycles. The summed E-state index contributed by atoms with van der Waals surface area (Å²) in [6.07, 6.45) is 3.00. The zero-order chi connectivity index (χ0) is 30.2. The quantitative estimate of drug-likeness (QED) is 0.296. The van der Waals surface area contributed by atoms with Gasteiger partial charge in [-0.25, -0.2) is 9.69 Å². The second-order valence-electron chi connectivity index (χ2n) is 10.4. The van der Waals surface area contributed by atoms with Gasteiger partial charge in [-0.3, -0.25) is 19.2 Å². The van der Waals surface area contributed by atoms with Crippen molar-refractivity contribution in [2.24, 2.45) is 5.92 Å². The predicted molar refractivity (Wildman–Crippen MR) is 162 cm³/mol. The van der Waals surface area contributed by atoms with E-state index in [9.17, 15) is 24.0 Å². The summed E-state index contributed by atoms with van der Waals surface area (Å²) in [5.74, 6) is -2.76. The number of likely N-dealkylation sites (tertiary alicyclic amines) is 1. The predicted octanol–water partition coefficient (Wildman–Crippen LogP) is 4.45. The highest BCUT2D eigenvalue weighted by Crippen LogP contribution is 2.54. The summed E-state index contributed by atoms with van der Waals surface area (Å²) in [6.45, 7) is 3.12. The van der Waals surface area contributed by atoms with Crippen LogP contribution in [0.4, 0.5) is 5.69 Å². The lowest BCUT2D eigenvalue weighted by atomic mass is 9.82. The van der Waals surface area contributed by atoms with E-state index in [-0.39, 0.29) is 24.0 Å². The zero-order valence-electron chi connectivity index (χ0n) is 23.2. The number of nitrogens with zero attached hydrogens (tertiary/aromatic N) is 2. The summed E-state index contributed by atoms with van der Waals surface area (Å²) < 4.78 is 11.1. The number of fused-ring (bicyclic) bond motifs is 2. The van der Waals surface area contributed by atoms with Gasteiger partial charge < -0.3 is 19.4 Å². The molecule has 6 rings (SSSR count). The first kappa shape index (κ1) is 29.5. The standard InChI is InChI=1S/C30H28ClN3O7S2/c1-2-40-29(38)16-6-9-18(10-7-16)34-27(36)23-22(24-26(32-30(39)43-24)42-25(23)28(34)37)19-14-17(31)8-11-20(19)41-15-21(35)33-12-4-3-5-13-33/h6-11,14,22-23,25H,2-5,12-13,15H2,1H3,(H,32,39)/t22-,23-,25+/m0/s1. The number of aromatic amines is 1. The van der Waals surface area contributed by atoms with Crippen LogP contribution in [0.3, 0.4) is 0 Å². The minimum absolute atomic E-state index is 0.130. The molecule has 10 nitrogen and oxygen atoms in total. The molecule has 2 aromatic carbocycles. The highest BCUT2D eigenvalue weighted by atomic mass is 35.5. The molecule has 3 atom stereocenters. The molecule has 2 fully saturated rings. The van der Waals surface area contributed by atoms with E-state index in [1.165, 1.54) is 24.3 Å². The molecular formula is C30H28ClN3O7S2. The molecule has 3 amide bonds. The van der Waals surface area contributed by atoms with Crippen LogP contribution in [0.15, 0.2) is 52.3 Å². The number of H-pyrrole nitrogens is 1. The lowest BCUT2D eigenvalue weighted by Gasteiger charge is -2.31. The molecule has 3 aliphatic rings. The summed E-state index contributed by atoms with van der Waals surface area (Å²) in [5.41, 5.74) is 1.14. The third-order valence-corrected chi connectivity index (χ3v) is 10.5. The Labute approximate surface area is 260 Å². The molecule has 0 unspecified atom stereocenters. The summed E-state index contributed by atoms with van der Waals surface area (Å²) in [5, 5.41) is 0.0612. The first-order valence-corrected chi connectivity index (χ1v) is 16.1. The van der Waals surface area contributed by atoms with Gasteiger partial charge in [0.15, 0.2) is 6.61 Å². The molecule has 4 heterocycles. The Morgan fingerprint density at radius 2 is 1.77 bits per heavy atom. The van der Waals surface area contributed by atoms with Crippen LogP contribution in [0.5, 0.6) is 5.75 Å². The van der Waals surface area contributed by atoms with Crippen molar-refractivity contribution in [1.82, 2.24) is 9.88 Å². The van der Waals surface area contributed by atoms with E-state index in [2.05, 4.69) is 4.98 Å². The van der Waals surface area contributed by atoms with Crippen LogP contribution < -0.4 is 14.5 Å². The van der Waals surface area contributed by atoms with Crippen LogP contribution in [0, 0.1) is 5.92 Å². The Morgan fingerprint density at radius 3 is 2.49 bits per heavy atom. The second kappa shape index (κ2) is 12.2. The molecule has 3 aromatic rings. The molecule has 1 N–H and O–H groups in total. The number of nitrogens with one attached hydrogen (secondary N) is 1. The molecule has 13 heteroatoms. The lowest BCUT2D eigenvalue weighted by molar-refractivity contribution is -0.134.